The van der Waals surface area contributed by atoms with Gasteiger partial charge in [-0.2, -0.15) is 12.1 Å². The van der Waals surface area contributed by atoms with Gasteiger partial charge in [-0.1, -0.05) is 11.6 Å². The van der Waals surface area contributed by atoms with Crippen LogP contribution in [0.15, 0.2) is 78.9 Å². The summed E-state index contributed by atoms with van der Waals surface area (Å²) in [5.41, 5.74) is 1.05. The van der Waals surface area contributed by atoms with Gasteiger partial charge in [-0.3, -0.25) is 0 Å². The fraction of sp³-hybridized carbons (Fsp3) is 0.158. The van der Waals surface area contributed by atoms with Crippen molar-refractivity contribution in [3.05, 3.63) is 83.9 Å². The third-order valence-electron chi connectivity index (χ3n) is 3.52. The summed E-state index contributed by atoms with van der Waals surface area (Å²) in [5.74, 6) is 0.782. The van der Waals surface area contributed by atoms with Gasteiger partial charge in [0, 0.05) is 22.1 Å². The maximum Gasteiger partial charge on any atom is 0.418 e. The third kappa shape index (κ3) is 6.39. The molecule has 0 N–H and O–H groups in total. The van der Waals surface area contributed by atoms with Crippen molar-refractivity contribution in [2.75, 3.05) is 13.2 Å². The maximum absolute atomic E-state index is 5.81. The summed E-state index contributed by atoms with van der Waals surface area (Å²) < 4.78 is 17.0. The van der Waals surface area contributed by atoms with E-state index in [2.05, 4.69) is 0 Å². The zero-order valence-electron chi connectivity index (χ0n) is 13.5. The fourth-order valence-electron chi connectivity index (χ4n) is 2.30. The van der Waals surface area contributed by atoms with Gasteiger partial charge in [-0.05, 0) is 24.3 Å². The maximum atomic E-state index is 5.81. The van der Waals surface area contributed by atoms with Crippen molar-refractivity contribution in [3.63, 3.8) is 0 Å². The smallest absolute Gasteiger partial charge is 0.418 e. The molecule has 0 bridgehead atoms. The number of hydrogen-bond donors (Lipinski definition) is 0. The van der Waals surface area contributed by atoms with Crippen molar-refractivity contribution >= 4 is 24.2 Å². The average Bonchev–Trinajstić information content (AvgIpc) is 3.37. The molecule has 1 atom stereocenters. The van der Waals surface area contributed by atoms with E-state index in [-0.39, 0.29) is 30.3 Å². The quantitative estimate of drug-likeness (QED) is 0.498. The van der Waals surface area contributed by atoms with E-state index in [0.29, 0.717) is 18.2 Å². The second kappa shape index (κ2) is 10.5. The molecule has 1 saturated heterocycles. The summed E-state index contributed by atoms with van der Waals surface area (Å²) in [7, 11) is -0.270. The Hall–Kier alpha value is -1.49. The van der Waals surface area contributed by atoms with E-state index in [9.17, 15) is 0 Å². The van der Waals surface area contributed by atoms with Gasteiger partial charge in [0.1, 0.15) is 12.4 Å². The molecule has 0 aromatic heterocycles. The van der Waals surface area contributed by atoms with Crippen LogP contribution in [0.25, 0.3) is 0 Å². The molecule has 3 aromatic rings. The van der Waals surface area contributed by atoms with Gasteiger partial charge >= 0.3 is 7.12 Å². The van der Waals surface area contributed by atoms with Crippen LogP contribution in [0, 0.1) is 0 Å². The molecule has 0 saturated carbocycles. The van der Waals surface area contributed by atoms with Crippen LogP contribution in [0.4, 0.5) is 0 Å². The van der Waals surface area contributed by atoms with Gasteiger partial charge in [0.2, 0.25) is 0 Å². The van der Waals surface area contributed by atoms with Crippen molar-refractivity contribution in [1.29, 1.82) is 0 Å². The van der Waals surface area contributed by atoms with Crippen molar-refractivity contribution in [2.24, 2.45) is 0 Å². The zero-order valence-corrected chi connectivity index (χ0v) is 15.4. The van der Waals surface area contributed by atoms with Crippen LogP contribution in [-0.2, 0) is 26.4 Å². The molecule has 3 aromatic carbocycles. The Morgan fingerprint density at radius 1 is 1.08 bits per heavy atom. The monoisotopic (exact) mass is 396 g/mol. The van der Waals surface area contributed by atoms with E-state index >= 15 is 0 Å². The topological polar surface area (TPSA) is 27.7 Å². The Labute approximate surface area is 164 Å². The van der Waals surface area contributed by atoms with Gasteiger partial charge in [-0.25, -0.2) is 12.1 Å². The number of benzene rings is 1. The van der Waals surface area contributed by atoms with Crippen LogP contribution in [0.5, 0.6) is 5.75 Å². The minimum atomic E-state index is -0.270. The molecule has 6 heteroatoms. The summed E-state index contributed by atoms with van der Waals surface area (Å²) in [6.07, 6.45) is -0.0458. The third-order valence-corrected chi connectivity index (χ3v) is 3.77. The predicted molar refractivity (Wildman–Crippen MR) is 97.2 cm³/mol. The minimum Gasteiger partial charge on any atom is -0.748 e. The van der Waals surface area contributed by atoms with Crippen molar-refractivity contribution in [2.45, 2.75) is 6.10 Å². The average molecular weight is 396 g/mol. The molecule has 136 valence electrons. The summed E-state index contributed by atoms with van der Waals surface area (Å²) in [4.78, 5) is 0. The van der Waals surface area contributed by atoms with Crippen LogP contribution in [0.1, 0.15) is 0 Å². The first-order valence-electron chi connectivity index (χ1n) is 7.85. The molecular weight excluding hydrogens is 378 g/mol. The van der Waals surface area contributed by atoms with Gasteiger partial charge in [0.25, 0.3) is 0 Å². The Balaban J connectivity index is 0.000000325. The molecule has 0 spiro atoms. The molecular formula is C19H18BClFeO3-6. The van der Waals surface area contributed by atoms with Crippen molar-refractivity contribution < 1.29 is 31.1 Å². The molecule has 0 aliphatic carbocycles. The SMILES string of the molecule is Clc1ccc(OC[C@H]2COB([c-]3cccc3)O2)cc1.[Fe].[cH-]1[cH-][cH-][cH-][cH-]1. The molecule has 1 heterocycles. The molecule has 1 fully saturated rings. The van der Waals surface area contributed by atoms with Crippen LogP contribution < -0.4 is 10.2 Å². The molecule has 1 aliphatic heterocycles. The summed E-state index contributed by atoms with van der Waals surface area (Å²) in [5, 5.41) is 0.698. The molecule has 0 amide bonds. The second-order valence-corrected chi connectivity index (χ2v) is 5.81. The number of rotatable bonds is 4. The van der Waals surface area contributed by atoms with Gasteiger partial charge in [0.05, 0.1) is 12.7 Å². The van der Waals surface area contributed by atoms with Gasteiger partial charge in [-0.15, -0.1) is 5.46 Å². The van der Waals surface area contributed by atoms with E-state index in [0.717, 1.165) is 11.2 Å². The van der Waals surface area contributed by atoms with Gasteiger partial charge in [0.15, 0.2) is 0 Å². The fourth-order valence-corrected chi connectivity index (χ4v) is 2.42. The normalized spacial score (nSPS) is 15.9. The Morgan fingerprint density at radius 3 is 2.28 bits per heavy atom. The number of hydrogen-bond acceptors (Lipinski definition) is 3. The summed E-state index contributed by atoms with van der Waals surface area (Å²) >= 11 is 5.81. The first kappa shape index (κ1) is 19.8. The minimum absolute atomic E-state index is 0. The van der Waals surface area contributed by atoms with Crippen molar-refractivity contribution in [3.8, 4) is 5.75 Å². The Bertz CT molecular complexity index is 669. The van der Waals surface area contributed by atoms with E-state index in [1.165, 1.54) is 0 Å². The first-order valence-corrected chi connectivity index (χ1v) is 8.23. The summed E-state index contributed by atoms with van der Waals surface area (Å²) in [6, 6.07) is 25.2. The van der Waals surface area contributed by atoms with E-state index in [1.54, 1.807) is 12.1 Å². The van der Waals surface area contributed by atoms with Crippen LogP contribution in [-0.4, -0.2) is 26.4 Å². The van der Waals surface area contributed by atoms with Crippen LogP contribution in [0.2, 0.25) is 5.02 Å². The Morgan fingerprint density at radius 2 is 1.68 bits per heavy atom. The van der Waals surface area contributed by atoms with E-state index < -0.39 is 0 Å². The van der Waals surface area contributed by atoms with Gasteiger partial charge < -0.3 is 44.4 Å². The van der Waals surface area contributed by atoms with E-state index in [1.807, 2.05) is 66.7 Å². The molecule has 0 unspecified atom stereocenters. The van der Waals surface area contributed by atoms with Crippen molar-refractivity contribution in [1.82, 2.24) is 0 Å². The molecule has 3 nitrogen and oxygen atoms in total. The number of halogens is 1. The standard InChI is InChI=1S/C14H13BClO3.C5H5.Fe/c16-12-5-7-13(8-6-12)17-9-14-10-18-15(19-14)11-3-1-2-4-11;1-2-4-5-3-1;/h1-8,14H,9-10H2;1-5H;/q-1;-5;/t14-;;/m0../s1. The second-order valence-electron chi connectivity index (χ2n) is 5.37. The van der Waals surface area contributed by atoms with Crippen LogP contribution >= 0.6 is 11.6 Å². The zero-order chi connectivity index (χ0) is 16.6. The first-order chi connectivity index (χ1) is 11.8. The molecule has 25 heavy (non-hydrogen) atoms. The largest absolute Gasteiger partial charge is 0.748 e. The Kier molecular flexibility index (Phi) is 8.32. The molecule has 1 aliphatic rings. The number of ether oxygens (including phenoxy) is 1. The molecule has 0 radical (unpaired) electrons. The summed E-state index contributed by atoms with van der Waals surface area (Å²) in [6.45, 7) is 1.02. The van der Waals surface area contributed by atoms with E-state index in [4.69, 9.17) is 25.6 Å². The van der Waals surface area contributed by atoms with Crippen LogP contribution in [0.3, 0.4) is 0 Å². The molecule has 4 rings (SSSR count). The predicted octanol–water partition coefficient (Wildman–Crippen LogP) is 3.65.